The van der Waals surface area contributed by atoms with Crippen LogP contribution >= 0.6 is 0 Å². The van der Waals surface area contributed by atoms with Crippen molar-refractivity contribution >= 4 is 17.7 Å². The summed E-state index contributed by atoms with van der Waals surface area (Å²) in [6.07, 6.45) is 0. The molecule has 7 nitrogen and oxygen atoms in total. The normalized spacial score (nSPS) is 14.4. The van der Waals surface area contributed by atoms with Gasteiger partial charge in [-0.15, -0.1) is 0 Å². The lowest BCUT2D eigenvalue weighted by molar-refractivity contribution is -0.141. The van der Waals surface area contributed by atoms with E-state index in [0.29, 0.717) is 17.2 Å². The minimum atomic E-state index is -1.08. The fraction of sp³-hybridized carbons (Fsp3) is 0.429. The molecule has 1 heterocycles. The van der Waals surface area contributed by atoms with Crippen LogP contribution in [-0.4, -0.2) is 29.9 Å². The molecule has 1 aliphatic heterocycles. The molecule has 1 aromatic carbocycles. The standard InChI is InChI=1S/C14H18N2O5/c1-14(2,3)11(12(17)18)16-13(19)15-8-4-5-9-10(6-8)21-7-20-9/h4-6,11H,7H2,1-3H3,(H,17,18)(H2,15,16,19). The third kappa shape index (κ3) is 3.56. The van der Waals surface area contributed by atoms with Gasteiger partial charge >= 0.3 is 12.0 Å². The molecule has 1 unspecified atom stereocenters. The van der Waals surface area contributed by atoms with E-state index in [9.17, 15) is 14.7 Å². The highest BCUT2D eigenvalue weighted by molar-refractivity contribution is 5.92. The SMILES string of the molecule is CC(C)(C)C(NC(=O)Nc1ccc2c(c1)OCO2)C(=O)O. The van der Waals surface area contributed by atoms with Crippen molar-refractivity contribution in [2.24, 2.45) is 5.41 Å². The molecule has 114 valence electrons. The number of carbonyl (C=O) groups excluding carboxylic acids is 1. The first kappa shape index (κ1) is 15.0. The van der Waals surface area contributed by atoms with E-state index in [2.05, 4.69) is 10.6 Å². The van der Waals surface area contributed by atoms with Crippen molar-refractivity contribution in [2.75, 3.05) is 12.1 Å². The van der Waals surface area contributed by atoms with Gasteiger partial charge in [0.15, 0.2) is 11.5 Å². The number of fused-ring (bicyclic) bond motifs is 1. The Hall–Kier alpha value is -2.44. The Morgan fingerprint density at radius 2 is 1.90 bits per heavy atom. The molecule has 21 heavy (non-hydrogen) atoms. The molecule has 0 radical (unpaired) electrons. The molecule has 0 bridgehead atoms. The van der Waals surface area contributed by atoms with Crippen molar-refractivity contribution in [3.05, 3.63) is 18.2 Å². The number of ether oxygens (including phenoxy) is 2. The van der Waals surface area contributed by atoms with E-state index >= 15 is 0 Å². The average Bonchev–Trinajstić information content (AvgIpc) is 2.81. The molecule has 0 spiro atoms. The van der Waals surface area contributed by atoms with Crippen LogP contribution in [0, 0.1) is 5.41 Å². The van der Waals surface area contributed by atoms with E-state index < -0.39 is 23.5 Å². The van der Waals surface area contributed by atoms with E-state index in [0.717, 1.165) is 0 Å². The Labute approximate surface area is 122 Å². The zero-order valence-corrected chi connectivity index (χ0v) is 12.1. The van der Waals surface area contributed by atoms with Gasteiger partial charge in [0.05, 0.1) is 0 Å². The van der Waals surface area contributed by atoms with Crippen LogP contribution < -0.4 is 20.1 Å². The van der Waals surface area contributed by atoms with Gasteiger partial charge in [0.25, 0.3) is 0 Å². The molecule has 0 aliphatic carbocycles. The quantitative estimate of drug-likeness (QED) is 0.792. The van der Waals surface area contributed by atoms with E-state index in [1.165, 1.54) is 0 Å². The molecule has 0 saturated carbocycles. The number of carbonyl (C=O) groups is 2. The highest BCUT2D eigenvalue weighted by Gasteiger charge is 2.32. The monoisotopic (exact) mass is 294 g/mol. The summed E-state index contributed by atoms with van der Waals surface area (Å²) in [5.74, 6) is 0.0702. The molecule has 0 fully saturated rings. The van der Waals surface area contributed by atoms with Crippen LogP contribution in [0.2, 0.25) is 0 Å². The number of rotatable bonds is 3. The predicted molar refractivity (Wildman–Crippen MR) is 75.6 cm³/mol. The van der Waals surface area contributed by atoms with Gasteiger partial charge in [0, 0.05) is 11.8 Å². The number of hydrogen-bond acceptors (Lipinski definition) is 4. The second kappa shape index (κ2) is 5.51. The molecule has 1 aliphatic rings. The largest absolute Gasteiger partial charge is 0.480 e. The van der Waals surface area contributed by atoms with Crippen LogP contribution in [0.5, 0.6) is 11.5 Å². The molecule has 7 heteroatoms. The smallest absolute Gasteiger partial charge is 0.326 e. The maximum absolute atomic E-state index is 11.9. The summed E-state index contributed by atoms with van der Waals surface area (Å²) in [4.78, 5) is 23.1. The number of aliphatic carboxylic acids is 1. The number of amides is 2. The maximum Gasteiger partial charge on any atom is 0.326 e. The highest BCUT2D eigenvalue weighted by atomic mass is 16.7. The van der Waals surface area contributed by atoms with E-state index in [-0.39, 0.29) is 6.79 Å². The van der Waals surface area contributed by atoms with Crippen LogP contribution in [0.25, 0.3) is 0 Å². The first-order chi connectivity index (χ1) is 9.77. The van der Waals surface area contributed by atoms with Crippen LogP contribution in [-0.2, 0) is 4.79 Å². The predicted octanol–water partition coefficient (Wildman–Crippen LogP) is 2.04. The number of carboxylic acids is 1. The summed E-state index contributed by atoms with van der Waals surface area (Å²) in [7, 11) is 0. The van der Waals surface area contributed by atoms with Gasteiger partial charge in [-0.1, -0.05) is 20.8 Å². The minimum absolute atomic E-state index is 0.149. The molecule has 2 amide bonds. The van der Waals surface area contributed by atoms with Crippen molar-refractivity contribution in [1.82, 2.24) is 5.32 Å². The van der Waals surface area contributed by atoms with Crippen molar-refractivity contribution in [3.8, 4) is 11.5 Å². The van der Waals surface area contributed by atoms with E-state index in [1.54, 1.807) is 39.0 Å². The van der Waals surface area contributed by atoms with Crippen LogP contribution in [0.3, 0.4) is 0 Å². The topological polar surface area (TPSA) is 96.9 Å². The van der Waals surface area contributed by atoms with Crippen molar-refractivity contribution in [3.63, 3.8) is 0 Å². The number of carboxylic acid groups (broad SMARTS) is 1. The zero-order chi connectivity index (χ0) is 15.6. The molecule has 1 atom stereocenters. The lowest BCUT2D eigenvalue weighted by atomic mass is 9.87. The Morgan fingerprint density at radius 3 is 2.52 bits per heavy atom. The highest BCUT2D eigenvalue weighted by Crippen LogP contribution is 2.34. The summed E-state index contributed by atoms with van der Waals surface area (Å²) >= 11 is 0. The van der Waals surface area contributed by atoms with Crippen LogP contribution in [0.15, 0.2) is 18.2 Å². The summed E-state index contributed by atoms with van der Waals surface area (Å²) in [6, 6.07) is 3.37. The zero-order valence-electron chi connectivity index (χ0n) is 12.1. The Balaban J connectivity index is 2.03. The van der Waals surface area contributed by atoms with Crippen LogP contribution in [0.4, 0.5) is 10.5 Å². The Bertz CT molecular complexity index is 565. The maximum atomic E-state index is 11.9. The fourth-order valence-electron chi connectivity index (χ4n) is 1.92. The van der Waals surface area contributed by atoms with Gasteiger partial charge in [-0.25, -0.2) is 9.59 Å². The molecular weight excluding hydrogens is 276 g/mol. The minimum Gasteiger partial charge on any atom is -0.480 e. The van der Waals surface area contributed by atoms with Gasteiger partial charge < -0.3 is 25.2 Å². The average molecular weight is 294 g/mol. The second-order valence-electron chi connectivity index (χ2n) is 5.80. The first-order valence-electron chi connectivity index (χ1n) is 6.47. The summed E-state index contributed by atoms with van der Waals surface area (Å²) in [6.45, 7) is 5.38. The van der Waals surface area contributed by atoms with Crippen molar-refractivity contribution < 1.29 is 24.2 Å². The van der Waals surface area contributed by atoms with Gasteiger partial charge in [-0.2, -0.15) is 0 Å². The van der Waals surface area contributed by atoms with Crippen LogP contribution in [0.1, 0.15) is 20.8 Å². The number of nitrogens with one attached hydrogen (secondary N) is 2. The molecular formula is C14H18N2O5. The number of benzene rings is 1. The Morgan fingerprint density at radius 1 is 1.24 bits per heavy atom. The molecule has 1 aromatic rings. The third-order valence-corrected chi connectivity index (χ3v) is 3.02. The van der Waals surface area contributed by atoms with Gasteiger partial charge in [0.1, 0.15) is 6.04 Å². The second-order valence-corrected chi connectivity index (χ2v) is 5.80. The molecule has 3 N–H and O–H groups in total. The van der Waals surface area contributed by atoms with E-state index in [1.807, 2.05) is 0 Å². The lowest BCUT2D eigenvalue weighted by Gasteiger charge is -2.27. The first-order valence-corrected chi connectivity index (χ1v) is 6.47. The Kier molecular flexibility index (Phi) is 3.93. The van der Waals surface area contributed by atoms with E-state index in [4.69, 9.17) is 9.47 Å². The third-order valence-electron chi connectivity index (χ3n) is 3.02. The van der Waals surface area contributed by atoms with Gasteiger partial charge in [-0.05, 0) is 17.5 Å². The molecule has 2 rings (SSSR count). The number of hydrogen-bond donors (Lipinski definition) is 3. The molecule has 0 aromatic heterocycles. The fourth-order valence-corrected chi connectivity index (χ4v) is 1.92. The lowest BCUT2D eigenvalue weighted by Crippen LogP contribution is -2.50. The van der Waals surface area contributed by atoms with Crippen molar-refractivity contribution in [2.45, 2.75) is 26.8 Å². The molecule has 0 saturated heterocycles. The number of urea groups is 1. The van der Waals surface area contributed by atoms with Gasteiger partial charge in [-0.3, -0.25) is 0 Å². The summed E-state index contributed by atoms with van der Waals surface area (Å²) in [5, 5.41) is 14.2. The van der Waals surface area contributed by atoms with Gasteiger partial charge in [0.2, 0.25) is 6.79 Å². The number of anilines is 1. The summed E-state index contributed by atoms with van der Waals surface area (Å²) in [5.41, 5.74) is -0.104. The summed E-state index contributed by atoms with van der Waals surface area (Å²) < 4.78 is 10.4. The van der Waals surface area contributed by atoms with Crippen molar-refractivity contribution in [1.29, 1.82) is 0 Å².